The number of nitrogens with two attached hydrogens (primary N) is 1. The van der Waals surface area contributed by atoms with Crippen molar-refractivity contribution in [2.24, 2.45) is 5.73 Å². The van der Waals surface area contributed by atoms with Gasteiger partial charge in [-0.05, 0) is 18.1 Å². The Kier molecular flexibility index (Phi) is 5.43. The molecule has 7 heteroatoms. The normalized spacial score (nSPS) is 10.8. The van der Waals surface area contributed by atoms with Crippen molar-refractivity contribution in [2.45, 2.75) is 26.3 Å². The van der Waals surface area contributed by atoms with E-state index < -0.39 is 18.0 Å². The van der Waals surface area contributed by atoms with E-state index in [1.807, 2.05) is 0 Å². The Labute approximate surface area is 108 Å². The van der Waals surface area contributed by atoms with Crippen LogP contribution in [0, 0.1) is 0 Å². The van der Waals surface area contributed by atoms with Gasteiger partial charge in [0.2, 0.25) is 0 Å². The van der Waals surface area contributed by atoms with E-state index in [9.17, 15) is 13.6 Å². The Morgan fingerprint density at radius 1 is 1.61 bits per heavy atom. The van der Waals surface area contributed by atoms with Crippen LogP contribution in [0.4, 0.5) is 8.78 Å². The van der Waals surface area contributed by atoms with Crippen molar-refractivity contribution >= 4 is 17.6 Å². The van der Waals surface area contributed by atoms with Gasteiger partial charge in [0.1, 0.15) is 5.15 Å². The Hall–Kier alpha value is -1.27. The van der Waals surface area contributed by atoms with E-state index in [0.29, 0.717) is 5.56 Å². The second-order valence-electron chi connectivity index (χ2n) is 3.45. The predicted octanol–water partition coefficient (Wildman–Crippen LogP) is 2.24. The first-order valence-corrected chi connectivity index (χ1v) is 5.69. The van der Waals surface area contributed by atoms with E-state index in [1.54, 1.807) is 6.92 Å². The highest BCUT2D eigenvalue weighted by Gasteiger charge is 2.21. The first kappa shape index (κ1) is 14.8. The van der Waals surface area contributed by atoms with Gasteiger partial charge in [-0.1, -0.05) is 11.6 Å². The minimum absolute atomic E-state index is 0.142. The monoisotopic (exact) mass is 278 g/mol. The third-order valence-electron chi connectivity index (χ3n) is 2.33. The Morgan fingerprint density at radius 3 is 2.78 bits per heavy atom. The van der Waals surface area contributed by atoms with Crippen molar-refractivity contribution < 1.29 is 18.3 Å². The molecular formula is C11H13ClF2N2O2. The molecular weight excluding hydrogens is 266 g/mol. The highest BCUT2D eigenvalue weighted by atomic mass is 35.5. The van der Waals surface area contributed by atoms with Crippen LogP contribution in [0.3, 0.4) is 0 Å². The van der Waals surface area contributed by atoms with Gasteiger partial charge in [0.05, 0.1) is 18.6 Å². The highest BCUT2D eigenvalue weighted by Crippen LogP contribution is 2.30. The smallest absolute Gasteiger partial charge is 0.310 e. The maximum absolute atomic E-state index is 12.8. The topological polar surface area (TPSA) is 65.2 Å². The number of esters is 1. The Balaban J connectivity index is 3.13. The summed E-state index contributed by atoms with van der Waals surface area (Å²) < 4.78 is 30.4. The molecule has 1 heterocycles. The summed E-state index contributed by atoms with van der Waals surface area (Å²) in [5, 5.41) is -0.293. The number of pyridine rings is 1. The fourth-order valence-electron chi connectivity index (χ4n) is 1.56. The number of ether oxygens (including phenoxy) is 1. The van der Waals surface area contributed by atoms with Gasteiger partial charge in [-0.25, -0.2) is 13.8 Å². The summed E-state index contributed by atoms with van der Waals surface area (Å²) in [6, 6.07) is 0. The third kappa shape index (κ3) is 3.36. The second kappa shape index (κ2) is 6.61. The molecule has 0 aliphatic carbocycles. The van der Waals surface area contributed by atoms with E-state index in [4.69, 9.17) is 22.1 Å². The molecule has 0 atom stereocenters. The van der Waals surface area contributed by atoms with E-state index >= 15 is 0 Å². The van der Waals surface area contributed by atoms with Crippen LogP contribution < -0.4 is 5.73 Å². The minimum Gasteiger partial charge on any atom is -0.466 e. The van der Waals surface area contributed by atoms with Gasteiger partial charge in [0, 0.05) is 12.7 Å². The molecule has 2 N–H and O–H groups in total. The maximum atomic E-state index is 12.8. The molecule has 1 aromatic heterocycles. The molecule has 100 valence electrons. The fourth-order valence-corrected chi connectivity index (χ4v) is 1.81. The average Bonchev–Trinajstić information content (AvgIpc) is 2.30. The molecule has 1 aromatic rings. The Morgan fingerprint density at radius 2 is 2.28 bits per heavy atom. The zero-order valence-electron chi connectivity index (χ0n) is 9.75. The minimum atomic E-state index is -2.79. The first-order valence-electron chi connectivity index (χ1n) is 5.31. The third-order valence-corrected chi connectivity index (χ3v) is 2.63. The zero-order valence-corrected chi connectivity index (χ0v) is 10.5. The molecule has 0 saturated heterocycles. The lowest BCUT2D eigenvalue weighted by Crippen LogP contribution is -2.14. The number of rotatable bonds is 5. The average molecular weight is 279 g/mol. The van der Waals surface area contributed by atoms with Crippen LogP contribution in [-0.2, 0) is 22.5 Å². The number of halogens is 3. The van der Waals surface area contributed by atoms with Crippen LogP contribution in [-0.4, -0.2) is 17.6 Å². The summed E-state index contributed by atoms with van der Waals surface area (Å²) in [6.45, 7) is 1.74. The van der Waals surface area contributed by atoms with Crippen molar-refractivity contribution in [1.29, 1.82) is 0 Å². The lowest BCUT2D eigenvalue weighted by molar-refractivity contribution is -0.142. The highest BCUT2D eigenvalue weighted by molar-refractivity contribution is 6.30. The van der Waals surface area contributed by atoms with Gasteiger partial charge < -0.3 is 10.5 Å². The molecule has 0 saturated carbocycles. The van der Waals surface area contributed by atoms with Crippen molar-refractivity contribution in [3.05, 3.63) is 28.0 Å². The molecule has 0 aliphatic rings. The number of nitrogens with zero attached hydrogens (tertiary/aromatic N) is 1. The van der Waals surface area contributed by atoms with Gasteiger partial charge in [-0.2, -0.15) is 0 Å². The summed E-state index contributed by atoms with van der Waals surface area (Å²) >= 11 is 5.61. The lowest BCUT2D eigenvalue weighted by atomic mass is 10.0. The van der Waals surface area contributed by atoms with Crippen molar-refractivity contribution in [3.8, 4) is 0 Å². The molecule has 0 bridgehead atoms. The Bertz CT molecular complexity index is 441. The lowest BCUT2D eigenvalue weighted by Gasteiger charge is -2.13. The van der Waals surface area contributed by atoms with Crippen LogP contribution in [0.1, 0.15) is 30.0 Å². The SMILES string of the molecule is CCOC(=O)Cc1cnc(Cl)c(C(F)F)c1CN. The summed E-state index contributed by atoms with van der Waals surface area (Å²) in [7, 11) is 0. The van der Waals surface area contributed by atoms with Crippen LogP contribution in [0.25, 0.3) is 0 Å². The second-order valence-corrected chi connectivity index (χ2v) is 3.81. The zero-order chi connectivity index (χ0) is 13.7. The maximum Gasteiger partial charge on any atom is 0.310 e. The van der Waals surface area contributed by atoms with Crippen molar-refractivity contribution in [2.75, 3.05) is 6.61 Å². The van der Waals surface area contributed by atoms with Crippen molar-refractivity contribution in [1.82, 2.24) is 4.98 Å². The number of aromatic nitrogens is 1. The van der Waals surface area contributed by atoms with Gasteiger partial charge in [0.25, 0.3) is 6.43 Å². The molecule has 1 rings (SSSR count). The van der Waals surface area contributed by atoms with E-state index in [0.717, 1.165) is 0 Å². The van der Waals surface area contributed by atoms with E-state index in [-0.39, 0.29) is 30.3 Å². The molecule has 0 fully saturated rings. The van der Waals surface area contributed by atoms with Gasteiger partial charge in [-0.15, -0.1) is 0 Å². The molecule has 0 radical (unpaired) electrons. The van der Waals surface area contributed by atoms with E-state index in [2.05, 4.69) is 4.98 Å². The first-order chi connectivity index (χ1) is 8.51. The largest absolute Gasteiger partial charge is 0.466 e. The standard InChI is InChI=1S/C11H13ClF2N2O2/c1-2-18-8(17)3-6-5-16-10(12)9(11(13)14)7(6)4-15/h5,11H,2-4,15H2,1H3. The number of hydrogen-bond donors (Lipinski definition) is 1. The molecule has 0 amide bonds. The summed E-state index contributed by atoms with van der Waals surface area (Å²) in [4.78, 5) is 15.0. The van der Waals surface area contributed by atoms with Crippen LogP contribution in [0.15, 0.2) is 6.20 Å². The van der Waals surface area contributed by atoms with Gasteiger partial charge in [0.15, 0.2) is 0 Å². The van der Waals surface area contributed by atoms with Crippen LogP contribution in [0.5, 0.6) is 0 Å². The summed E-state index contributed by atoms with van der Waals surface area (Å²) in [5.41, 5.74) is 5.49. The summed E-state index contributed by atoms with van der Waals surface area (Å²) in [5.74, 6) is -0.517. The van der Waals surface area contributed by atoms with Crippen LogP contribution in [0.2, 0.25) is 5.15 Å². The van der Waals surface area contributed by atoms with Gasteiger partial charge in [-0.3, -0.25) is 4.79 Å². The summed E-state index contributed by atoms with van der Waals surface area (Å²) in [6.07, 6.45) is -1.66. The molecule has 0 unspecified atom stereocenters. The molecule has 0 spiro atoms. The van der Waals surface area contributed by atoms with Gasteiger partial charge >= 0.3 is 5.97 Å². The van der Waals surface area contributed by atoms with Crippen LogP contribution >= 0.6 is 11.6 Å². The molecule has 4 nitrogen and oxygen atoms in total. The fraction of sp³-hybridized carbons (Fsp3) is 0.455. The molecule has 18 heavy (non-hydrogen) atoms. The number of carbonyl (C=O) groups is 1. The molecule has 0 aliphatic heterocycles. The number of carbonyl (C=O) groups excluding carboxylic acids is 1. The number of hydrogen-bond acceptors (Lipinski definition) is 4. The van der Waals surface area contributed by atoms with E-state index in [1.165, 1.54) is 6.20 Å². The van der Waals surface area contributed by atoms with Crippen molar-refractivity contribution in [3.63, 3.8) is 0 Å². The molecule has 0 aromatic carbocycles. The quantitative estimate of drug-likeness (QED) is 0.663. The number of alkyl halides is 2. The predicted molar refractivity (Wildman–Crippen MR) is 62.4 cm³/mol.